The molecule has 1 amide bonds. The largest absolute Gasteiger partial charge is 0.420 e. The highest BCUT2D eigenvalue weighted by atomic mass is 16.5. The van der Waals surface area contributed by atoms with Crippen molar-refractivity contribution in [3.63, 3.8) is 0 Å². The third-order valence-corrected chi connectivity index (χ3v) is 5.53. The molecule has 8 heteroatoms. The van der Waals surface area contributed by atoms with Crippen molar-refractivity contribution in [2.75, 3.05) is 13.2 Å². The summed E-state index contributed by atoms with van der Waals surface area (Å²) in [6.45, 7) is 1.63. The van der Waals surface area contributed by atoms with E-state index in [4.69, 9.17) is 9.15 Å². The molecule has 2 fully saturated rings. The quantitative estimate of drug-likeness (QED) is 0.690. The number of benzene rings is 1. The molecule has 0 spiro atoms. The number of aromatic nitrogens is 4. The van der Waals surface area contributed by atoms with Gasteiger partial charge in [-0.2, -0.15) is 5.10 Å². The second-order valence-electron chi connectivity index (χ2n) is 7.46. The Labute approximate surface area is 162 Å². The zero-order valence-electron chi connectivity index (χ0n) is 15.7. The summed E-state index contributed by atoms with van der Waals surface area (Å²) in [5.41, 5.74) is 0.892. The average molecular weight is 381 g/mol. The number of rotatable bonds is 4. The molecule has 1 aromatic carbocycles. The number of ether oxygens (including phenoxy) is 1. The molecule has 2 atom stereocenters. The van der Waals surface area contributed by atoms with E-state index < -0.39 is 0 Å². The highest BCUT2D eigenvalue weighted by molar-refractivity contribution is 5.80. The number of carbonyl (C=O) groups is 1. The summed E-state index contributed by atoms with van der Waals surface area (Å²) in [5, 5.41) is 14.0. The lowest BCUT2D eigenvalue weighted by Crippen LogP contribution is -2.40. The molecule has 0 saturated carbocycles. The van der Waals surface area contributed by atoms with Crippen molar-refractivity contribution < 1.29 is 13.9 Å². The Balaban J connectivity index is 1.34. The van der Waals surface area contributed by atoms with E-state index in [1.165, 1.54) is 0 Å². The lowest BCUT2D eigenvalue weighted by atomic mass is 10.0. The number of hydrogen-bond donors (Lipinski definition) is 0. The monoisotopic (exact) mass is 381 g/mol. The highest BCUT2D eigenvalue weighted by Crippen LogP contribution is 2.33. The van der Waals surface area contributed by atoms with Gasteiger partial charge in [-0.25, -0.2) is 0 Å². The first-order valence-electron chi connectivity index (χ1n) is 9.94. The molecule has 5 rings (SSSR count). The van der Waals surface area contributed by atoms with Gasteiger partial charge in [-0.15, -0.1) is 10.2 Å². The summed E-state index contributed by atoms with van der Waals surface area (Å²) in [7, 11) is 0. The number of piperidine rings is 1. The predicted octanol–water partition coefficient (Wildman–Crippen LogP) is 3.02. The molecule has 0 N–H and O–H groups in total. The van der Waals surface area contributed by atoms with Crippen LogP contribution in [0, 0.1) is 0 Å². The molecule has 4 heterocycles. The average Bonchev–Trinajstić information content (AvgIpc) is 3.46. The van der Waals surface area contributed by atoms with Crippen LogP contribution in [0.4, 0.5) is 0 Å². The van der Waals surface area contributed by atoms with Gasteiger partial charge < -0.3 is 14.1 Å². The normalized spacial score (nSPS) is 22.8. The van der Waals surface area contributed by atoms with Gasteiger partial charge in [0.2, 0.25) is 17.7 Å². The molecule has 8 nitrogen and oxygen atoms in total. The second-order valence-corrected chi connectivity index (χ2v) is 7.46. The standard InChI is InChI=1S/C20H23N5O3/c26-18(13-24-12-14-6-1-2-7-15(14)23-24)25-10-4-3-8-16(25)19-21-22-20(28-19)17-9-5-11-27-17/h1-2,6-7,12,16-17H,3-5,8-11,13H2/t16?,17-/m1/s1. The third kappa shape index (κ3) is 3.28. The van der Waals surface area contributed by atoms with E-state index in [-0.39, 0.29) is 24.6 Å². The fraction of sp³-hybridized carbons (Fsp3) is 0.500. The minimum absolute atomic E-state index is 0.0226. The van der Waals surface area contributed by atoms with Gasteiger partial charge in [0.1, 0.15) is 18.7 Å². The maximum absolute atomic E-state index is 13.0. The molecule has 2 aliphatic heterocycles. The minimum Gasteiger partial charge on any atom is -0.420 e. The van der Waals surface area contributed by atoms with Crippen molar-refractivity contribution in [2.45, 2.75) is 50.8 Å². The lowest BCUT2D eigenvalue weighted by molar-refractivity contribution is -0.136. The molecule has 2 aromatic heterocycles. The summed E-state index contributed by atoms with van der Waals surface area (Å²) in [4.78, 5) is 14.9. The van der Waals surface area contributed by atoms with E-state index in [0.29, 0.717) is 18.3 Å². The molecule has 0 aliphatic carbocycles. The fourth-order valence-corrected chi connectivity index (χ4v) is 4.10. The Morgan fingerprint density at radius 3 is 2.86 bits per heavy atom. The first-order valence-corrected chi connectivity index (χ1v) is 9.94. The van der Waals surface area contributed by atoms with Crippen LogP contribution in [0.15, 0.2) is 34.9 Å². The number of likely N-dealkylation sites (tertiary alicyclic amines) is 1. The van der Waals surface area contributed by atoms with E-state index in [9.17, 15) is 4.79 Å². The molecular weight excluding hydrogens is 358 g/mol. The summed E-state index contributed by atoms with van der Waals surface area (Å²) < 4.78 is 13.3. The van der Waals surface area contributed by atoms with Crippen molar-refractivity contribution >= 4 is 16.8 Å². The van der Waals surface area contributed by atoms with Crippen LogP contribution in [0.25, 0.3) is 10.9 Å². The van der Waals surface area contributed by atoms with E-state index in [1.54, 1.807) is 4.68 Å². The smallest absolute Gasteiger partial charge is 0.245 e. The molecule has 2 saturated heterocycles. The molecule has 0 bridgehead atoms. The van der Waals surface area contributed by atoms with Crippen LogP contribution in [-0.2, 0) is 16.1 Å². The molecular formula is C20H23N5O3. The predicted molar refractivity (Wildman–Crippen MR) is 100 cm³/mol. The SMILES string of the molecule is O=C(Cn1cc2ccccc2n1)N1CCCCC1c1nnc([C@H]2CCCO2)o1. The molecule has 3 aromatic rings. The number of carbonyl (C=O) groups excluding carboxylic acids is 1. The fourth-order valence-electron chi connectivity index (χ4n) is 4.10. The molecule has 28 heavy (non-hydrogen) atoms. The first kappa shape index (κ1) is 17.4. The Morgan fingerprint density at radius 2 is 2.00 bits per heavy atom. The van der Waals surface area contributed by atoms with Gasteiger partial charge in [-0.1, -0.05) is 18.2 Å². The summed E-state index contributed by atoms with van der Waals surface area (Å²) in [6.07, 6.45) is 6.57. The van der Waals surface area contributed by atoms with Crippen LogP contribution in [0.3, 0.4) is 0 Å². The van der Waals surface area contributed by atoms with Gasteiger partial charge in [-0.05, 0) is 38.2 Å². The molecule has 1 unspecified atom stereocenters. The van der Waals surface area contributed by atoms with Crippen LogP contribution in [0.1, 0.15) is 56.0 Å². The maximum atomic E-state index is 13.0. The van der Waals surface area contributed by atoms with Gasteiger partial charge >= 0.3 is 0 Å². The number of fused-ring (bicyclic) bond motifs is 1. The van der Waals surface area contributed by atoms with Crippen LogP contribution in [0.2, 0.25) is 0 Å². The Bertz CT molecular complexity index is 942. The number of amides is 1. The van der Waals surface area contributed by atoms with Crippen molar-refractivity contribution in [1.82, 2.24) is 24.9 Å². The topological polar surface area (TPSA) is 86.3 Å². The number of hydrogen-bond acceptors (Lipinski definition) is 6. The lowest BCUT2D eigenvalue weighted by Gasteiger charge is -2.33. The minimum atomic E-state index is -0.172. The van der Waals surface area contributed by atoms with Gasteiger partial charge in [0.05, 0.1) is 5.52 Å². The van der Waals surface area contributed by atoms with Crippen molar-refractivity contribution in [3.8, 4) is 0 Å². The third-order valence-electron chi connectivity index (χ3n) is 5.53. The summed E-state index contributed by atoms with van der Waals surface area (Å²) in [6, 6.07) is 7.69. The summed E-state index contributed by atoms with van der Waals surface area (Å²) in [5.74, 6) is 1.07. The van der Waals surface area contributed by atoms with Gasteiger partial charge in [0, 0.05) is 24.7 Å². The molecule has 0 radical (unpaired) electrons. The van der Waals surface area contributed by atoms with E-state index in [1.807, 2.05) is 35.4 Å². The van der Waals surface area contributed by atoms with Crippen LogP contribution < -0.4 is 0 Å². The van der Waals surface area contributed by atoms with Crippen LogP contribution >= 0.6 is 0 Å². The Kier molecular flexibility index (Phi) is 4.56. The molecule has 2 aliphatic rings. The Morgan fingerprint density at radius 1 is 1.11 bits per heavy atom. The van der Waals surface area contributed by atoms with Gasteiger partial charge in [0.15, 0.2) is 0 Å². The van der Waals surface area contributed by atoms with Gasteiger partial charge in [0.25, 0.3) is 0 Å². The highest BCUT2D eigenvalue weighted by Gasteiger charge is 2.33. The van der Waals surface area contributed by atoms with Crippen LogP contribution in [0.5, 0.6) is 0 Å². The van der Waals surface area contributed by atoms with Crippen molar-refractivity contribution in [1.29, 1.82) is 0 Å². The Hall–Kier alpha value is -2.74. The second kappa shape index (κ2) is 7.35. The van der Waals surface area contributed by atoms with Crippen molar-refractivity contribution in [2.24, 2.45) is 0 Å². The molecule has 146 valence electrons. The maximum Gasteiger partial charge on any atom is 0.245 e. The first-order chi connectivity index (χ1) is 13.8. The van der Waals surface area contributed by atoms with Crippen molar-refractivity contribution in [3.05, 3.63) is 42.2 Å². The zero-order chi connectivity index (χ0) is 18.9. The van der Waals surface area contributed by atoms with Crippen LogP contribution in [-0.4, -0.2) is 43.9 Å². The summed E-state index contributed by atoms with van der Waals surface area (Å²) >= 11 is 0. The van der Waals surface area contributed by atoms with E-state index in [2.05, 4.69) is 15.3 Å². The number of nitrogens with zero attached hydrogens (tertiary/aromatic N) is 5. The van der Waals surface area contributed by atoms with E-state index >= 15 is 0 Å². The van der Waals surface area contributed by atoms with E-state index in [0.717, 1.165) is 49.6 Å². The zero-order valence-corrected chi connectivity index (χ0v) is 15.7. The van der Waals surface area contributed by atoms with Gasteiger partial charge in [-0.3, -0.25) is 9.48 Å².